The Labute approximate surface area is 115 Å². The summed E-state index contributed by atoms with van der Waals surface area (Å²) < 4.78 is 10.3. The number of hydrogen-bond acceptors (Lipinski definition) is 4. The highest BCUT2D eigenvalue weighted by Crippen LogP contribution is 2.02. The molecule has 19 heavy (non-hydrogen) atoms. The summed E-state index contributed by atoms with van der Waals surface area (Å²) in [4.78, 5) is 21.5. The molecule has 0 aliphatic heterocycles. The van der Waals surface area contributed by atoms with E-state index in [0.29, 0.717) is 19.4 Å². The van der Waals surface area contributed by atoms with Crippen molar-refractivity contribution in [2.24, 2.45) is 0 Å². The van der Waals surface area contributed by atoms with Crippen molar-refractivity contribution in [2.45, 2.75) is 58.3 Å². The van der Waals surface area contributed by atoms with E-state index in [1.54, 1.807) is 0 Å². The van der Waals surface area contributed by atoms with Gasteiger partial charge in [-0.3, -0.25) is 9.59 Å². The molecular formula is C14H26O5. The summed E-state index contributed by atoms with van der Waals surface area (Å²) in [6.45, 7) is 3.60. The van der Waals surface area contributed by atoms with E-state index >= 15 is 0 Å². The van der Waals surface area contributed by atoms with E-state index in [-0.39, 0.29) is 25.4 Å². The summed E-state index contributed by atoms with van der Waals surface area (Å²) in [6, 6.07) is 0. The van der Waals surface area contributed by atoms with Crippen molar-refractivity contribution in [1.82, 2.24) is 0 Å². The van der Waals surface area contributed by atoms with E-state index in [1.807, 2.05) is 0 Å². The topological polar surface area (TPSA) is 72.8 Å². The van der Waals surface area contributed by atoms with Crippen molar-refractivity contribution >= 4 is 11.9 Å². The molecule has 0 rings (SSSR count). The number of esters is 1. The molecule has 0 unspecified atom stereocenters. The van der Waals surface area contributed by atoms with Gasteiger partial charge in [-0.25, -0.2) is 0 Å². The van der Waals surface area contributed by atoms with Crippen LogP contribution in [0, 0.1) is 0 Å². The third-order valence-electron chi connectivity index (χ3n) is 2.65. The van der Waals surface area contributed by atoms with Crippen LogP contribution in [0.1, 0.15) is 58.3 Å². The lowest BCUT2D eigenvalue weighted by atomic mass is 10.2. The zero-order valence-corrected chi connectivity index (χ0v) is 11.9. The minimum atomic E-state index is -0.829. The number of carbonyl (C=O) groups is 2. The number of carbonyl (C=O) groups excluding carboxylic acids is 1. The average molecular weight is 274 g/mol. The van der Waals surface area contributed by atoms with Crippen LogP contribution >= 0.6 is 0 Å². The van der Waals surface area contributed by atoms with Crippen molar-refractivity contribution < 1.29 is 24.2 Å². The third kappa shape index (κ3) is 14.8. The third-order valence-corrected chi connectivity index (χ3v) is 2.65. The summed E-state index contributed by atoms with van der Waals surface area (Å²) in [5, 5.41) is 8.42. The maximum atomic E-state index is 11.2. The quantitative estimate of drug-likeness (QED) is 0.413. The molecule has 0 radical (unpaired) electrons. The van der Waals surface area contributed by atoms with E-state index in [9.17, 15) is 9.59 Å². The van der Waals surface area contributed by atoms with Crippen molar-refractivity contribution in [3.05, 3.63) is 0 Å². The number of aliphatic carboxylic acids is 1. The zero-order valence-electron chi connectivity index (χ0n) is 11.9. The van der Waals surface area contributed by atoms with Crippen LogP contribution in [-0.2, 0) is 19.1 Å². The molecule has 0 aromatic heterocycles. The average Bonchev–Trinajstić information content (AvgIpc) is 2.37. The molecule has 1 N–H and O–H groups in total. The van der Waals surface area contributed by atoms with Gasteiger partial charge in [0.25, 0.3) is 0 Å². The van der Waals surface area contributed by atoms with E-state index in [2.05, 4.69) is 6.92 Å². The SMILES string of the molecule is CCCCCCOCCOC(=O)CCCCC(=O)O. The second-order valence-corrected chi connectivity index (χ2v) is 4.49. The summed E-state index contributed by atoms with van der Waals surface area (Å²) in [5.74, 6) is -1.11. The van der Waals surface area contributed by atoms with Gasteiger partial charge in [-0.05, 0) is 19.3 Å². The predicted octanol–water partition coefficient (Wildman–Crippen LogP) is 2.77. The van der Waals surface area contributed by atoms with Gasteiger partial charge < -0.3 is 14.6 Å². The molecule has 0 fully saturated rings. The van der Waals surface area contributed by atoms with Crippen LogP contribution in [-0.4, -0.2) is 36.9 Å². The molecule has 5 nitrogen and oxygen atoms in total. The first kappa shape index (κ1) is 17.9. The molecule has 0 aliphatic rings. The van der Waals surface area contributed by atoms with Crippen LogP contribution < -0.4 is 0 Å². The second kappa shape index (κ2) is 13.3. The van der Waals surface area contributed by atoms with Gasteiger partial charge in [-0.2, -0.15) is 0 Å². The molecule has 112 valence electrons. The van der Waals surface area contributed by atoms with Crippen molar-refractivity contribution in [2.75, 3.05) is 19.8 Å². The smallest absolute Gasteiger partial charge is 0.305 e. The van der Waals surface area contributed by atoms with Crippen LogP contribution in [0.2, 0.25) is 0 Å². The van der Waals surface area contributed by atoms with E-state index in [0.717, 1.165) is 13.0 Å². The molecule has 0 saturated heterocycles. The fourth-order valence-electron chi connectivity index (χ4n) is 1.57. The molecule has 0 atom stereocenters. The van der Waals surface area contributed by atoms with E-state index in [4.69, 9.17) is 14.6 Å². The van der Waals surface area contributed by atoms with Crippen molar-refractivity contribution in [1.29, 1.82) is 0 Å². The maximum Gasteiger partial charge on any atom is 0.305 e. The first-order valence-electron chi connectivity index (χ1n) is 7.12. The van der Waals surface area contributed by atoms with Gasteiger partial charge in [0.2, 0.25) is 0 Å². The molecule has 0 aliphatic carbocycles. The van der Waals surface area contributed by atoms with E-state index < -0.39 is 5.97 Å². The second-order valence-electron chi connectivity index (χ2n) is 4.49. The van der Waals surface area contributed by atoms with Crippen LogP contribution in [0.15, 0.2) is 0 Å². The zero-order chi connectivity index (χ0) is 14.3. The largest absolute Gasteiger partial charge is 0.481 e. The Morgan fingerprint density at radius 3 is 2.32 bits per heavy atom. The van der Waals surface area contributed by atoms with Gasteiger partial charge in [0.15, 0.2) is 0 Å². The lowest BCUT2D eigenvalue weighted by Crippen LogP contribution is -2.11. The van der Waals surface area contributed by atoms with E-state index in [1.165, 1.54) is 19.3 Å². The lowest BCUT2D eigenvalue weighted by molar-refractivity contribution is -0.145. The summed E-state index contributed by atoms with van der Waals surface area (Å²) in [5.41, 5.74) is 0. The first-order valence-corrected chi connectivity index (χ1v) is 7.12. The molecule has 0 amide bonds. The summed E-state index contributed by atoms with van der Waals surface area (Å²) in [6.07, 6.45) is 6.13. The highest BCUT2D eigenvalue weighted by atomic mass is 16.6. The Morgan fingerprint density at radius 1 is 0.895 bits per heavy atom. The Bertz CT molecular complexity index is 240. The molecule has 0 saturated carbocycles. The summed E-state index contributed by atoms with van der Waals surface area (Å²) >= 11 is 0. The van der Waals surface area contributed by atoms with Crippen molar-refractivity contribution in [3.8, 4) is 0 Å². The van der Waals surface area contributed by atoms with Crippen LogP contribution in [0.3, 0.4) is 0 Å². The van der Waals surface area contributed by atoms with Gasteiger partial charge >= 0.3 is 11.9 Å². The molecule has 0 bridgehead atoms. The maximum absolute atomic E-state index is 11.2. The number of hydrogen-bond donors (Lipinski definition) is 1. The minimum absolute atomic E-state index is 0.105. The van der Waals surface area contributed by atoms with Crippen LogP contribution in [0.25, 0.3) is 0 Å². The van der Waals surface area contributed by atoms with Gasteiger partial charge in [0.05, 0.1) is 6.61 Å². The molecule has 0 heterocycles. The molecule has 5 heteroatoms. The van der Waals surface area contributed by atoms with Gasteiger partial charge in [-0.1, -0.05) is 26.2 Å². The van der Waals surface area contributed by atoms with Gasteiger partial charge in [0.1, 0.15) is 6.61 Å². The predicted molar refractivity (Wildman–Crippen MR) is 72.0 cm³/mol. The monoisotopic (exact) mass is 274 g/mol. The fraction of sp³-hybridized carbons (Fsp3) is 0.857. The fourth-order valence-corrected chi connectivity index (χ4v) is 1.57. The lowest BCUT2D eigenvalue weighted by Gasteiger charge is -2.06. The number of rotatable bonds is 13. The number of carboxylic acids is 1. The first-order chi connectivity index (χ1) is 9.16. The summed E-state index contributed by atoms with van der Waals surface area (Å²) in [7, 11) is 0. The molecule has 0 aromatic carbocycles. The number of ether oxygens (including phenoxy) is 2. The Morgan fingerprint density at radius 2 is 1.63 bits per heavy atom. The van der Waals surface area contributed by atoms with Crippen LogP contribution in [0.4, 0.5) is 0 Å². The Balaban J connectivity index is 3.18. The molecule has 0 spiro atoms. The Kier molecular flexibility index (Phi) is 12.6. The normalized spacial score (nSPS) is 10.4. The van der Waals surface area contributed by atoms with Crippen LogP contribution in [0.5, 0.6) is 0 Å². The highest BCUT2D eigenvalue weighted by Gasteiger charge is 2.03. The number of unbranched alkanes of at least 4 members (excludes halogenated alkanes) is 4. The van der Waals surface area contributed by atoms with Gasteiger partial charge in [0, 0.05) is 19.4 Å². The molecule has 0 aromatic rings. The van der Waals surface area contributed by atoms with Crippen molar-refractivity contribution in [3.63, 3.8) is 0 Å². The standard InChI is InChI=1S/C14H26O5/c1-2-3-4-7-10-18-11-12-19-14(17)9-6-5-8-13(15)16/h2-12H2,1H3,(H,15,16). The Hall–Kier alpha value is -1.10. The minimum Gasteiger partial charge on any atom is -0.481 e. The highest BCUT2D eigenvalue weighted by molar-refractivity contribution is 5.69. The number of carboxylic acid groups (broad SMARTS) is 1. The molecular weight excluding hydrogens is 248 g/mol. The van der Waals surface area contributed by atoms with Gasteiger partial charge in [-0.15, -0.1) is 0 Å².